The van der Waals surface area contributed by atoms with E-state index in [-0.39, 0.29) is 22.8 Å². The third kappa shape index (κ3) is 3.96. The molecule has 10 heteroatoms. The summed E-state index contributed by atoms with van der Waals surface area (Å²) >= 11 is 0. The maximum atomic E-state index is 12.7. The number of nitrogens with one attached hydrogen (secondary N) is 1. The molecule has 0 radical (unpaired) electrons. The van der Waals surface area contributed by atoms with Crippen molar-refractivity contribution in [3.8, 4) is 0 Å². The van der Waals surface area contributed by atoms with E-state index in [1.165, 1.54) is 25.6 Å². The van der Waals surface area contributed by atoms with E-state index in [0.717, 1.165) is 16.6 Å². The molecule has 0 atom stereocenters. The quantitative estimate of drug-likeness (QED) is 0.451. The second-order valence-electron chi connectivity index (χ2n) is 6.67. The molecular formula is C19H22N6O4. The lowest BCUT2D eigenvalue weighted by Gasteiger charge is -2.09. The summed E-state index contributed by atoms with van der Waals surface area (Å²) < 4.78 is 3.94. The number of hydrogen-bond donors (Lipinski definition) is 2. The van der Waals surface area contributed by atoms with E-state index < -0.39 is 17.2 Å². The number of anilines is 1. The SMILES string of the molecule is CC(=NNc1nc2c(c(=O)n(C)c(=O)n2C)n1CCCc1ccccc1)C(=O)O. The number of hydrazone groups is 1. The Morgan fingerprint density at radius 1 is 1.17 bits per heavy atom. The maximum Gasteiger partial charge on any atom is 0.351 e. The maximum absolute atomic E-state index is 12.7. The van der Waals surface area contributed by atoms with E-state index in [1.807, 2.05) is 30.3 Å². The van der Waals surface area contributed by atoms with Gasteiger partial charge in [-0.25, -0.2) is 15.0 Å². The van der Waals surface area contributed by atoms with Gasteiger partial charge in [0.05, 0.1) is 0 Å². The summed E-state index contributed by atoms with van der Waals surface area (Å²) in [5.74, 6) is -0.973. The molecule has 10 nitrogen and oxygen atoms in total. The van der Waals surface area contributed by atoms with Crippen molar-refractivity contribution in [2.45, 2.75) is 26.3 Å². The Bertz CT molecular complexity index is 1200. The van der Waals surface area contributed by atoms with Crippen LogP contribution in [0, 0.1) is 0 Å². The van der Waals surface area contributed by atoms with Gasteiger partial charge < -0.3 is 9.67 Å². The standard InChI is InChI=1S/C19H22N6O4/c1-12(17(27)28)21-22-18-20-15-14(16(26)24(3)19(29)23(15)2)25(18)11-7-10-13-8-5-4-6-9-13/h4-6,8-9H,7,10-11H2,1-3H3,(H,20,22)(H,27,28). The van der Waals surface area contributed by atoms with E-state index >= 15 is 0 Å². The van der Waals surface area contributed by atoms with E-state index in [0.29, 0.717) is 13.0 Å². The summed E-state index contributed by atoms with van der Waals surface area (Å²) in [6, 6.07) is 9.92. The summed E-state index contributed by atoms with van der Waals surface area (Å²) in [4.78, 5) is 40.3. The van der Waals surface area contributed by atoms with Crippen LogP contribution in [0.3, 0.4) is 0 Å². The molecule has 0 unspecified atom stereocenters. The molecule has 1 aromatic carbocycles. The minimum Gasteiger partial charge on any atom is -0.477 e. The number of rotatable bonds is 7. The van der Waals surface area contributed by atoms with Gasteiger partial charge >= 0.3 is 11.7 Å². The van der Waals surface area contributed by atoms with Crippen LogP contribution in [-0.4, -0.2) is 35.5 Å². The van der Waals surface area contributed by atoms with Gasteiger partial charge in [-0.15, -0.1) is 0 Å². The monoisotopic (exact) mass is 398 g/mol. The normalized spacial score (nSPS) is 11.8. The fourth-order valence-corrected chi connectivity index (χ4v) is 3.02. The number of imidazole rings is 1. The van der Waals surface area contributed by atoms with Gasteiger partial charge in [0, 0.05) is 20.6 Å². The second kappa shape index (κ2) is 8.13. The number of aryl methyl sites for hydroxylation is 3. The number of benzene rings is 1. The van der Waals surface area contributed by atoms with Crippen molar-refractivity contribution in [3.63, 3.8) is 0 Å². The Kier molecular flexibility index (Phi) is 5.62. The zero-order valence-corrected chi connectivity index (χ0v) is 16.4. The van der Waals surface area contributed by atoms with Crippen molar-refractivity contribution >= 4 is 28.8 Å². The average Bonchev–Trinajstić information content (AvgIpc) is 3.08. The third-order valence-corrected chi connectivity index (χ3v) is 4.67. The topological polar surface area (TPSA) is 124 Å². The third-order valence-electron chi connectivity index (χ3n) is 4.67. The van der Waals surface area contributed by atoms with Crippen LogP contribution >= 0.6 is 0 Å². The number of fused-ring (bicyclic) bond motifs is 1. The Hall–Kier alpha value is -3.69. The molecule has 0 aliphatic carbocycles. The van der Waals surface area contributed by atoms with Crippen LogP contribution in [0.4, 0.5) is 5.95 Å². The molecule has 0 spiro atoms. The highest BCUT2D eigenvalue weighted by Crippen LogP contribution is 2.17. The fourth-order valence-electron chi connectivity index (χ4n) is 3.02. The first-order chi connectivity index (χ1) is 13.8. The second-order valence-corrected chi connectivity index (χ2v) is 6.67. The van der Waals surface area contributed by atoms with Gasteiger partial charge in [-0.05, 0) is 25.3 Å². The highest BCUT2D eigenvalue weighted by Gasteiger charge is 2.19. The molecule has 0 saturated carbocycles. The average molecular weight is 398 g/mol. The van der Waals surface area contributed by atoms with Crippen LogP contribution in [0.15, 0.2) is 45.0 Å². The lowest BCUT2D eigenvalue weighted by Crippen LogP contribution is -2.37. The molecule has 0 saturated heterocycles. The number of nitrogens with zero attached hydrogens (tertiary/aromatic N) is 5. The van der Waals surface area contributed by atoms with Gasteiger partial charge in [0.15, 0.2) is 11.2 Å². The Morgan fingerprint density at radius 3 is 2.52 bits per heavy atom. The van der Waals surface area contributed by atoms with E-state index in [2.05, 4.69) is 15.5 Å². The zero-order valence-electron chi connectivity index (χ0n) is 16.4. The van der Waals surface area contributed by atoms with Crippen LogP contribution in [0.25, 0.3) is 11.2 Å². The summed E-state index contributed by atoms with van der Waals surface area (Å²) in [7, 11) is 2.94. The zero-order chi connectivity index (χ0) is 21.1. The minimum absolute atomic E-state index is 0.158. The molecule has 0 aliphatic rings. The molecule has 2 aromatic heterocycles. The van der Waals surface area contributed by atoms with Gasteiger partial charge in [0.2, 0.25) is 5.95 Å². The van der Waals surface area contributed by atoms with Gasteiger partial charge in [-0.1, -0.05) is 30.3 Å². The summed E-state index contributed by atoms with van der Waals surface area (Å²) in [6.45, 7) is 1.77. The predicted molar refractivity (Wildman–Crippen MR) is 109 cm³/mol. The highest BCUT2D eigenvalue weighted by molar-refractivity contribution is 6.34. The van der Waals surface area contributed by atoms with Gasteiger partial charge in [0.1, 0.15) is 5.71 Å². The van der Waals surface area contributed by atoms with Crippen molar-refractivity contribution in [1.29, 1.82) is 0 Å². The first-order valence-corrected chi connectivity index (χ1v) is 9.05. The van der Waals surface area contributed by atoms with E-state index in [1.54, 1.807) is 4.57 Å². The Labute approximate surface area is 165 Å². The van der Waals surface area contributed by atoms with Crippen molar-refractivity contribution in [2.75, 3.05) is 5.43 Å². The van der Waals surface area contributed by atoms with Crippen LogP contribution < -0.4 is 16.7 Å². The number of carboxylic acid groups (broad SMARTS) is 1. The Morgan fingerprint density at radius 2 is 1.86 bits per heavy atom. The fraction of sp³-hybridized carbons (Fsp3) is 0.316. The lowest BCUT2D eigenvalue weighted by molar-refractivity contribution is -0.129. The molecule has 3 rings (SSSR count). The minimum atomic E-state index is -1.17. The molecule has 2 N–H and O–H groups in total. The summed E-state index contributed by atoms with van der Waals surface area (Å²) in [5, 5.41) is 12.8. The van der Waals surface area contributed by atoms with E-state index in [9.17, 15) is 14.4 Å². The van der Waals surface area contributed by atoms with Crippen molar-refractivity contribution in [1.82, 2.24) is 18.7 Å². The van der Waals surface area contributed by atoms with Gasteiger partial charge in [-0.2, -0.15) is 10.1 Å². The summed E-state index contributed by atoms with van der Waals surface area (Å²) in [5.41, 5.74) is 3.13. The molecule has 29 heavy (non-hydrogen) atoms. The lowest BCUT2D eigenvalue weighted by atomic mass is 10.1. The van der Waals surface area contributed by atoms with Crippen LogP contribution in [0.5, 0.6) is 0 Å². The molecule has 0 aliphatic heterocycles. The molecule has 3 aromatic rings. The number of carbonyl (C=O) groups is 1. The molecule has 2 heterocycles. The molecule has 0 fully saturated rings. The van der Waals surface area contributed by atoms with Crippen molar-refractivity contribution in [2.24, 2.45) is 19.2 Å². The Balaban J connectivity index is 2.04. The number of aliphatic carboxylic acids is 1. The molecule has 152 valence electrons. The predicted octanol–water partition coefficient (Wildman–Crippen LogP) is 0.939. The summed E-state index contributed by atoms with van der Waals surface area (Å²) in [6.07, 6.45) is 1.49. The first kappa shape index (κ1) is 20.1. The van der Waals surface area contributed by atoms with Crippen LogP contribution in [-0.2, 0) is 31.9 Å². The van der Waals surface area contributed by atoms with Gasteiger partial charge in [-0.3, -0.25) is 13.9 Å². The van der Waals surface area contributed by atoms with Crippen LogP contribution in [0.2, 0.25) is 0 Å². The van der Waals surface area contributed by atoms with Crippen molar-refractivity contribution < 1.29 is 9.90 Å². The molecule has 0 amide bonds. The molecular weight excluding hydrogens is 376 g/mol. The highest BCUT2D eigenvalue weighted by atomic mass is 16.4. The first-order valence-electron chi connectivity index (χ1n) is 9.05. The number of hydrogen-bond acceptors (Lipinski definition) is 6. The smallest absolute Gasteiger partial charge is 0.351 e. The van der Waals surface area contributed by atoms with Gasteiger partial charge in [0.25, 0.3) is 5.56 Å². The van der Waals surface area contributed by atoms with Crippen molar-refractivity contribution in [3.05, 3.63) is 56.7 Å². The van der Waals surface area contributed by atoms with Crippen LogP contribution in [0.1, 0.15) is 18.9 Å². The number of aromatic nitrogens is 4. The number of carboxylic acids is 1. The molecule has 0 bridgehead atoms. The van der Waals surface area contributed by atoms with E-state index in [4.69, 9.17) is 5.11 Å². The largest absolute Gasteiger partial charge is 0.477 e.